The van der Waals surface area contributed by atoms with Crippen molar-refractivity contribution in [3.8, 4) is 17.0 Å². The van der Waals surface area contributed by atoms with Gasteiger partial charge in [0.25, 0.3) is 5.91 Å². The van der Waals surface area contributed by atoms with Crippen LogP contribution in [0.1, 0.15) is 5.82 Å². The highest BCUT2D eigenvalue weighted by Gasteiger charge is 2.24. The van der Waals surface area contributed by atoms with Crippen molar-refractivity contribution in [3.05, 3.63) is 101 Å². The van der Waals surface area contributed by atoms with Gasteiger partial charge in [-0.05, 0) is 54.6 Å². The molecule has 0 unspecified atom stereocenters. The van der Waals surface area contributed by atoms with E-state index in [1.165, 1.54) is 29.2 Å². The fourth-order valence-corrected chi connectivity index (χ4v) is 3.78. The molecule has 6 nitrogen and oxygen atoms in total. The van der Waals surface area contributed by atoms with Crippen molar-refractivity contribution >= 4 is 35.2 Å². The minimum absolute atomic E-state index is 0.0105. The molecule has 176 valence electrons. The summed E-state index contributed by atoms with van der Waals surface area (Å²) in [5.41, 5.74) is 1.64. The summed E-state index contributed by atoms with van der Waals surface area (Å²) in [6, 6.07) is 19.3. The average molecular weight is 493 g/mol. The molecule has 1 aliphatic heterocycles. The summed E-state index contributed by atoms with van der Waals surface area (Å²) in [5, 5.41) is 3.19. The van der Waals surface area contributed by atoms with Gasteiger partial charge in [-0.3, -0.25) is 9.36 Å². The van der Waals surface area contributed by atoms with Crippen LogP contribution in [0, 0.1) is 11.6 Å². The third-order valence-corrected chi connectivity index (χ3v) is 5.72. The summed E-state index contributed by atoms with van der Waals surface area (Å²) in [7, 11) is 0. The third kappa shape index (κ3) is 4.88. The van der Waals surface area contributed by atoms with Crippen LogP contribution < -0.4 is 10.1 Å². The zero-order valence-electron chi connectivity index (χ0n) is 18.3. The van der Waals surface area contributed by atoms with Crippen LogP contribution in [0.5, 0.6) is 5.75 Å². The molecule has 5 rings (SSSR count). The number of anilines is 2. The van der Waals surface area contributed by atoms with Gasteiger partial charge in [0.05, 0.1) is 11.6 Å². The standard InChI is InChI=1S/C26H19ClF2N4O2/c27-21-11-10-19(14-22(21)29)30-26-25(17-6-8-18(28)9-7-17)31-23-15-32(12-13-33(23)26)24(34)16-35-20-4-2-1-3-5-20/h1-14,30H,15-16H2. The topological polar surface area (TPSA) is 59.4 Å². The van der Waals surface area contributed by atoms with Crippen molar-refractivity contribution in [2.75, 3.05) is 11.9 Å². The van der Waals surface area contributed by atoms with E-state index in [1.54, 1.807) is 47.3 Å². The summed E-state index contributed by atoms with van der Waals surface area (Å²) < 4.78 is 34.9. The van der Waals surface area contributed by atoms with Gasteiger partial charge in [-0.25, -0.2) is 13.8 Å². The van der Waals surface area contributed by atoms with E-state index in [1.807, 2.05) is 18.2 Å². The highest BCUT2D eigenvalue weighted by atomic mass is 35.5. The van der Waals surface area contributed by atoms with Crippen molar-refractivity contribution in [1.82, 2.24) is 14.5 Å². The van der Waals surface area contributed by atoms with E-state index in [4.69, 9.17) is 21.3 Å². The van der Waals surface area contributed by atoms with Gasteiger partial charge in [0.2, 0.25) is 0 Å². The van der Waals surface area contributed by atoms with Gasteiger partial charge >= 0.3 is 0 Å². The molecule has 4 aromatic rings. The molecule has 9 heteroatoms. The van der Waals surface area contributed by atoms with Gasteiger partial charge < -0.3 is 15.0 Å². The summed E-state index contributed by atoms with van der Waals surface area (Å²) in [5.74, 6) is 0.529. The number of imidazole rings is 1. The number of para-hydroxylation sites is 1. The number of ether oxygens (including phenoxy) is 1. The second-order valence-corrected chi connectivity index (χ2v) is 8.18. The van der Waals surface area contributed by atoms with E-state index in [2.05, 4.69) is 5.32 Å². The fourth-order valence-electron chi connectivity index (χ4n) is 3.66. The minimum Gasteiger partial charge on any atom is -0.484 e. The predicted molar refractivity (Wildman–Crippen MR) is 130 cm³/mol. The number of halogens is 3. The smallest absolute Gasteiger partial charge is 0.264 e. The molecule has 0 saturated carbocycles. The number of rotatable bonds is 6. The normalized spacial score (nSPS) is 12.4. The molecule has 1 aliphatic rings. The first kappa shape index (κ1) is 22.6. The maximum absolute atomic E-state index is 14.0. The van der Waals surface area contributed by atoms with Crippen LogP contribution in [0.2, 0.25) is 5.02 Å². The van der Waals surface area contributed by atoms with E-state index in [0.717, 1.165) is 0 Å². The number of nitrogens with one attached hydrogen (secondary N) is 1. The number of amides is 1. The molecule has 3 aromatic carbocycles. The third-order valence-electron chi connectivity index (χ3n) is 5.42. The molecular formula is C26H19ClF2N4O2. The first-order valence-electron chi connectivity index (χ1n) is 10.7. The van der Waals surface area contributed by atoms with E-state index >= 15 is 0 Å². The second kappa shape index (κ2) is 9.60. The molecule has 1 N–H and O–H groups in total. The molecule has 0 atom stereocenters. The molecule has 2 heterocycles. The molecular weight excluding hydrogens is 474 g/mol. The number of hydrogen-bond donors (Lipinski definition) is 1. The number of fused-ring (bicyclic) bond motifs is 1. The quantitative estimate of drug-likeness (QED) is 0.354. The molecule has 0 bridgehead atoms. The summed E-state index contributed by atoms with van der Waals surface area (Å²) in [4.78, 5) is 19.0. The SMILES string of the molecule is O=C(COc1ccccc1)N1C=Cn2c(nc(-c3ccc(F)cc3)c2Nc2ccc(Cl)c(F)c2)C1. The maximum Gasteiger partial charge on any atom is 0.264 e. The van der Waals surface area contributed by atoms with Crippen molar-refractivity contribution in [2.24, 2.45) is 0 Å². The second-order valence-electron chi connectivity index (χ2n) is 7.78. The highest BCUT2D eigenvalue weighted by Crippen LogP contribution is 2.34. The maximum atomic E-state index is 14.0. The van der Waals surface area contributed by atoms with E-state index < -0.39 is 5.82 Å². The van der Waals surface area contributed by atoms with Crippen LogP contribution in [-0.2, 0) is 11.3 Å². The fraction of sp³-hybridized carbons (Fsp3) is 0.0769. The van der Waals surface area contributed by atoms with Crippen molar-refractivity contribution in [3.63, 3.8) is 0 Å². The van der Waals surface area contributed by atoms with Gasteiger partial charge in [0.15, 0.2) is 6.61 Å². The van der Waals surface area contributed by atoms with Crippen LogP contribution in [-0.4, -0.2) is 27.0 Å². The Kier molecular flexibility index (Phi) is 6.20. The Hall–Kier alpha value is -4.17. The number of carbonyl (C=O) groups excluding carboxylic acids is 1. The van der Waals surface area contributed by atoms with Crippen molar-refractivity contribution < 1.29 is 18.3 Å². The minimum atomic E-state index is -0.566. The molecule has 0 aliphatic carbocycles. The van der Waals surface area contributed by atoms with E-state index in [0.29, 0.717) is 34.3 Å². The number of carbonyl (C=O) groups is 1. The molecule has 1 amide bonds. The highest BCUT2D eigenvalue weighted by molar-refractivity contribution is 6.30. The van der Waals surface area contributed by atoms with Gasteiger partial charge in [0, 0.05) is 23.7 Å². The van der Waals surface area contributed by atoms with Crippen LogP contribution in [0.25, 0.3) is 17.5 Å². The summed E-state index contributed by atoms with van der Waals surface area (Å²) in [6.07, 6.45) is 3.32. The molecule has 0 fully saturated rings. The van der Waals surface area contributed by atoms with Crippen LogP contribution >= 0.6 is 11.6 Å². The monoisotopic (exact) mass is 492 g/mol. The summed E-state index contributed by atoms with van der Waals surface area (Å²) >= 11 is 5.82. The summed E-state index contributed by atoms with van der Waals surface area (Å²) in [6.45, 7) is 0.0629. The van der Waals surface area contributed by atoms with Gasteiger partial charge in [-0.2, -0.15) is 0 Å². The lowest BCUT2D eigenvalue weighted by Gasteiger charge is -2.23. The van der Waals surface area contributed by atoms with Gasteiger partial charge in [-0.1, -0.05) is 29.8 Å². The van der Waals surface area contributed by atoms with Gasteiger partial charge in [-0.15, -0.1) is 0 Å². The first-order valence-corrected chi connectivity index (χ1v) is 11.1. The molecule has 0 radical (unpaired) electrons. The van der Waals surface area contributed by atoms with Crippen LogP contribution in [0.3, 0.4) is 0 Å². The zero-order chi connectivity index (χ0) is 24.4. The number of hydrogen-bond acceptors (Lipinski definition) is 4. The Morgan fingerprint density at radius 3 is 2.54 bits per heavy atom. The Morgan fingerprint density at radius 1 is 1.03 bits per heavy atom. The van der Waals surface area contributed by atoms with Crippen LogP contribution in [0.4, 0.5) is 20.3 Å². The van der Waals surface area contributed by atoms with E-state index in [-0.39, 0.29) is 29.9 Å². The Balaban J connectivity index is 1.43. The van der Waals surface area contributed by atoms with Crippen molar-refractivity contribution in [1.29, 1.82) is 0 Å². The Bertz CT molecular complexity index is 1410. The predicted octanol–water partition coefficient (Wildman–Crippen LogP) is 6.07. The first-order chi connectivity index (χ1) is 17.0. The van der Waals surface area contributed by atoms with Crippen LogP contribution in [0.15, 0.2) is 79.0 Å². The Labute approximate surface area is 205 Å². The molecule has 35 heavy (non-hydrogen) atoms. The van der Waals surface area contributed by atoms with E-state index in [9.17, 15) is 13.6 Å². The number of nitrogens with zero attached hydrogens (tertiary/aromatic N) is 3. The lowest BCUT2D eigenvalue weighted by Crippen LogP contribution is -2.33. The Morgan fingerprint density at radius 2 is 1.80 bits per heavy atom. The zero-order valence-corrected chi connectivity index (χ0v) is 19.0. The molecule has 1 aromatic heterocycles. The van der Waals surface area contributed by atoms with Gasteiger partial charge in [0.1, 0.15) is 34.7 Å². The lowest BCUT2D eigenvalue weighted by molar-refractivity contribution is -0.131. The number of benzene rings is 3. The molecule has 0 saturated heterocycles. The number of aromatic nitrogens is 2. The van der Waals surface area contributed by atoms with Crippen molar-refractivity contribution in [2.45, 2.75) is 6.54 Å². The average Bonchev–Trinajstić information content (AvgIpc) is 3.23. The molecule has 0 spiro atoms. The largest absolute Gasteiger partial charge is 0.484 e. The lowest BCUT2D eigenvalue weighted by atomic mass is 10.1.